The van der Waals surface area contributed by atoms with Crippen molar-refractivity contribution >= 4 is 23.4 Å². The minimum Gasteiger partial charge on any atom is -0.462 e. The third-order valence-corrected chi connectivity index (χ3v) is 4.10. The van der Waals surface area contributed by atoms with Crippen molar-refractivity contribution in [1.29, 1.82) is 0 Å². The van der Waals surface area contributed by atoms with Crippen LogP contribution in [0.3, 0.4) is 0 Å². The number of esters is 1. The molecule has 7 heteroatoms. The Morgan fingerprint density at radius 1 is 1.07 bits per heavy atom. The number of carbonyl (C=O) groups excluding carboxylic acids is 2. The van der Waals surface area contributed by atoms with Crippen molar-refractivity contribution in [3.8, 4) is 0 Å². The Bertz CT molecular complexity index is 1020. The maximum atomic E-state index is 13.7. The minimum absolute atomic E-state index is 0.0717. The molecule has 0 saturated heterocycles. The molecule has 2 aromatic carbocycles. The minimum atomic E-state index is -0.450. The van der Waals surface area contributed by atoms with E-state index < -0.39 is 5.97 Å². The number of amides is 1. The molecule has 0 spiro atoms. The predicted molar refractivity (Wildman–Crippen MR) is 107 cm³/mol. The van der Waals surface area contributed by atoms with Crippen molar-refractivity contribution in [3.63, 3.8) is 0 Å². The van der Waals surface area contributed by atoms with Gasteiger partial charge in [0.2, 0.25) is 0 Å². The van der Waals surface area contributed by atoms with Crippen LogP contribution < -0.4 is 10.6 Å². The van der Waals surface area contributed by atoms with E-state index in [0.29, 0.717) is 28.2 Å². The maximum absolute atomic E-state index is 13.7. The van der Waals surface area contributed by atoms with Gasteiger partial charge in [0.1, 0.15) is 11.6 Å². The normalized spacial score (nSPS) is 10.3. The number of pyridine rings is 1. The number of rotatable bonds is 7. The fourth-order valence-corrected chi connectivity index (χ4v) is 2.68. The first-order chi connectivity index (χ1) is 14.1. The van der Waals surface area contributed by atoms with Gasteiger partial charge in [-0.15, -0.1) is 0 Å². The van der Waals surface area contributed by atoms with Crippen LogP contribution in [0.25, 0.3) is 0 Å². The first-order valence-electron chi connectivity index (χ1n) is 9.09. The largest absolute Gasteiger partial charge is 0.462 e. The predicted octanol–water partition coefficient (Wildman–Crippen LogP) is 4.07. The summed E-state index contributed by atoms with van der Waals surface area (Å²) < 4.78 is 18.8. The van der Waals surface area contributed by atoms with E-state index in [-0.39, 0.29) is 24.9 Å². The van der Waals surface area contributed by atoms with Gasteiger partial charge in [-0.3, -0.25) is 4.79 Å². The fraction of sp³-hybridized carbons (Fsp3) is 0.136. The topological polar surface area (TPSA) is 80.3 Å². The van der Waals surface area contributed by atoms with Crippen LogP contribution in [0.2, 0.25) is 0 Å². The zero-order valence-corrected chi connectivity index (χ0v) is 15.8. The lowest BCUT2D eigenvalue weighted by Gasteiger charge is -2.12. The first kappa shape index (κ1) is 20.0. The number of benzene rings is 2. The van der Waals surface area contributed by atoms with Crippen molar-refractivity contribution in [1.82, 2.24) is 10.3 Å². The molecule has 0 unspecified atom stereocenters. The summed E-state index contributed by atoms with van der Waals surface area (Å²) in [6.45, 7) is 2.07. The number of halogens is 1. The third-order valence-electron chi connectivity index (χ3n) is 4.10. The maximum Gasteiger partial charge on any atom is 0.340 e. The molecule has 0 aliphatic heterocycles. The quantitative estimate of drug-likeness (QED) is 0.592. The summed E-state index contributed by atoms with van der Waals surface area (Å²) in [5.41, 5.74) is 1.64. The number of aromatic nitrogens is 1. The Balaban J connectivity index is 1.72. The molecule has 2 N–H and O–H groups in total. The summed E-state index contributed by atoms with van der Waals surface area (Å²) in [6, 6.07) is 16.2. The van der Waals surface area contributed by atoms with Gasteiger partial charge < -0.3 is 15.4 Å². The molecule has 0 aliphatic carbocycles. The van der Waals surface area contributed by atoms with Gasteiger partial charge in [0.05, 0.1) is 17.9 Å². The summed E-state index contributed by atoms with van der Waals surface area (Å²) in [5.74, 6) is -0.799. The number of nitrogens with one attached hydrogen (secondary N) is 2. The Hall–Kier alpha value is -3.74. The lowest BCUT2D eigenvalue weighted by Crippen LogP contribution is -2.23. The Kier molecular flexibility index (Phi) is 6.52. The van der Waals surface area contributed by atoms with E-state index in [1.165, 1.54) is 12.3 Å². The highest BCUT2D eigenvalue weighted by Crippen LogP contribution is 2.21. The van der Waals surface area contributed by atoms with Crippen LogP contribution in [0.5, 0.6) is 0 Å². The number of hydrogen-bond acceptors (Lipinski definition) is 5. The first-order valence-corrected chi connectivity index (χ1v) is 9.09. The Morgan fingerprint density at radius 2 is 1.83 bits per heavy atom. The molecule has 3 rings (SSSR count). The van der Waals surface area contributed by atoms with Crippen LogP contribution in [-0.2, 0) is 11.3 Å². The molecule has 29 heavy (non-hydrogen) atoms. The number of anilines is 2. The lowest BCUT2D eigenvalue weighted by molar-refractivity contribution is 0.0527. The number of hydrogen-bond donors (Lipinski definition) is 2. The van der Waals surface area contributed by atoms with Crippen molar-refractivity contribution < 1.29 is 18.7 Å². The van der Waals surface area contributed by atoms with Crippen molar-refractivity contribution in [3.05, 3.63) is 89.4 Å². The zero-order chi connectivity index (χ0) is 20.6. The zero-order valence-electron chi connectivity index (χ0n) is 15.8. The van der Waals surface area contributed by atoms with Crippen LogP contribution in [0.4, 0.5) is 15.9 Å². The van der Waals surface area contributed by atoms with Crippen molar-refractivity contribution in [2.45, 2.75) is 13.5 Å². The smallest absolute Gasteiger partial charge is 0.340 e. The SMILES string of the molecule is CCOC(=O)c1ccccc1Nc1cc(C(=O)NCc2ccccc2F)ccn1. The molecule has 0 saturated carbocycles. The van der Waals surface area contributed by atoms with Crippen LogP contribution in [0.15, 0.2) is 66.9 Å². The van der Waals surface area contributed by atoms with Crippen molar-refractivity contribution in [2.75, 3.05) is 11.9 Å². The van der Waals surface area contributed by atoms with E-state index in [1.54, 1.807) is 61.5 Å². The average Bonchev–Trinajstić information content (AvgIpc) is 2.74. The highest BCUT2D eigenvalue weighted by molar-refractivity contribution is 5.97. The van der Waals surface area contributed by atoms with Gasteiger partial charge >= 0.3 is 5.97 Å². The van der Waals surface area contributed by atoms with Crippen LogP contribution in [0.1, 0.15) is 33.2 Å². The molecule has 148 valence electrons. The van der Waals surface area contributed by atoms with Gasteiger partial charge in [0.15, 0.2) is 0 Å². The van der Waals surface area contributed by atoms with E-state index in [4.69, 9.17) is 4.74 Å². The molecule has 0 fully saturated rings. The van der Waals surface area contributed by atoms with E-state index in [1.807, 2.05) is 0 Å². The summed E-state index contributed by atoms with van der Waals surface area (Å²) >= 11 is 0. The number of carbonyl (C=O) groups is 2. The van der Waals surface area contributed by atoms with Crippen molar-refractivity contribution in [2.24, 2.45) is 0 Å². The molecule has 0 bridgehead atoms. The molecule has 0 atom stereocenters. The monoisotopic (exact) mass is 393 g/mol. The second-order valence-electron chi connectivity index (χ2n) is 6.09. The van der Waals surface area contributed by atoms with E-state index in [9.17, 15) is 14.0 Å². The molecule has 1 heterocycles. The highest BCUT2D eigenvalue weighted by Gasteiger charge is 2.13. The molecule has 0 aliphatic rings. The van der Waals surface area contributed by atoms with Gasteiger partial charge in [-0.05, 0) is 37.3 Å². The Morgan fingerprint density at radius 3 is 2.62 bits per heavy atom. The molecule has 0 radical (unpaired) electrons. The van der Waals surface area contributed by atoms with Gasteiger partial charge in [-0.1, -0.05) is 30.3 Å². The molecule has 1 aromatic heterocycles. The fourth-order valence-electron chi connectivity index (χ4n) is 2.68. The van der Waals surface area contributed by atoms with E-state index in [0.717, 1.165) is 0 Å². The Labute approximate surface area is 167 Å². The van der Waals surface area contributed by atoms with Crippen LogP contribution in [0, 0.1) is 5.82 Å². The lowest BCUT2D eigenvalue weighted by atomic mass is 10.1. The standard InChI is InChI=1S/C22H20FN3O3/c1-2-29-22(28)17-8-4-6-10-19(17)26-20-13-15(11-12-24-20)21(27)25-14-16-7-3-5-9-18(16)23/h3-13H,2,14H2,1H3,(H,24,26)(H,25,27). The second kappa shape index (κ2) is 9.45. The average molecular weight is 393 g/mol. The summed E-state index contributed by atoms with van der Waals surface area (Å²) in [4.78, 5) is 28.7. The van der Waals surface area contributed by atoms with Gasteiger partial charge in [-0.2, -0.15) is 0 Å². The number of ether oxygens (including phenoxy) is 1. The molecule has 6 nitrogen and oxygen atoms in total. The summed E-state index contributed by atoms with van der Waals surface area (Å²) in [5, 5.41) is 5.72. The third kappa shape index (κ3) is 5.16. The molecule has 3 aromatic rings. The molecule has 1 amide bonds. The summed E-state index contributed by atoms with van der Waals surface area (Å²) in [7, 11) is 0. The highest BCUT2D eigenvalue weighted by atomic mass is 19.1. The number of para-hydroxylation sites is 1. The van der Waals surface area contributed by atoms with E-state index >= 15 is 0 Å². The molecular weight excluding hydrogens is 373 g/mol. The van der Waals surface area contributed by atoms with Gasteiger partial charge in [0, 0.05) is 23.9 Å². The second-order valence-corrected chi connectivity index (χ2v) is 6.09. The van der Waals surface area contributed by atoms with Crippen LogP contribution >= 0.6 is 0 Å². The molecular formula is C22H20FN3O3. The summed E-state index contributed by atoms with van der Waals surface area (Å²) in [6.07, 6.45) is 1.48. The van der Waals surface area contributed by atoms with E-state index in [2.05, 4.69) is 15.6 Å². The van der Waals surface area contributed by atoms with Gasteiger partial charge in [-0.25, -0.2) is 14.2 Å². The number of nitrogens with zero attached hydrogens (tertiary/aromatic N) is 1. The van der Waals surface area contributed by atoms with Crippen LogP contribution in [-0.4, -0.2) is 23.5 Å². The van der Waals surface area contributed by atoms with Gasteiger partial charge in [0.25, 0.3) is 5.91 Å².